The van der Waals surface area contributed by atoms with Crippen LogP contribution < -0.4 is 5.73 Å². The summed E-state index contributed by atoms with van der Waals surface area (Å²) in [4.78, 5) is 27.0. The summed E-state index contributed by atoms with van der Waals surface area (Å²) < 4.78 is 5.27. The Kier molecular flexibility index (Phi) is 5.37. The standard InChI is InChI=1S/C14H25N3O3/c1-16(14(19)12-4-7-20-10-12)8-11-2-5-17(6-3-11)9-13(15)18/h11-12H,2-10H2,1H3,(H2,15,18). The molecule has 0 aromatic carbocycles. The first kappa shape index (κ1) is 15.3. The molecular formula is C14H25N3O3. The molecule has 2 aliphatic rings. The highest BCUT2D eigenvalue weighted by atomic mass is 16.5. The van der Waals surface area contributed by atoms with Crippen LogP contribution in [0.25, 0.3) is 0 Å². The fourth-order valence-electron chi connectivity index (χ4n) is 3.07. The van der Waals surface area contributed by atoms with Crippen molar-refractivity contribution < 1.29 is 14.3 Å². The molecule has 114 valence electrons. The fourth-order valence-corrected chi connectivity index (χ4v) is 3.07. The summed E-state index contributed by atoms with van der Waals surface area (Å²) in [6.07, 6.45) is 2.89. The molecule has 0 spiro atoms. The molecular weight excluding hydrogens is 258 g/mol. The van der Waals surface area contributed by atoms with Gasteiger partial charge in [-0.25, -0.2) is 0 Å². The first-order chi connectivity index (χ1) is 9.56. The molecule has 0 aliphatic carbocycles. The number of hydrogen-bond acceptors (Lipinski definition) is 4. The lowest BCUT2D eigenvalue weighted by Crippen LogP contribution is -2.43. The van der Waals surface area contributed by atoms with Crippen molar-refractivity contribution in [2.24, 2.45) is 17.6 Å². The third kappa shape index (κ3) is 4.18. The van der Waals surface area contributed by atoms with Crippen molar-refractivity contribution in [1.29, 1.82) is 0 Å². The molecule has 6 heteroatoms. The zero-order valence-corrected chi connectivity index (χ0v) is 12.2. The van der Waals surface area contributed by atoms with Crippen molar-refractivity contribution in [2.75, 3.05) is 46.4 Å². The lowest BCUT2D eigenvalue weighted by Gasteiger charge is -2.33. The van der Waals surface area contributed by atoms with Crippen LogP contribution in [0.1, 0.15) is 19.3 Å². The monoisotopic (exact) mass is 283 g/mol. The zero-order valence-electron chi connectivity index (χ0n) is 12.2. The second-order valence-electron chi connectivity index (χ2n) is 5.97. The van der Waals surface area contributed by atoms with Gasteiger partial charge in [0.2, 0.25) is 11.8 Å². The van der Waals surface area contributed by atoms with E-state index in [-0.39, 0.29) is 17.7 Å². The summed E-state index contributed by atoms with van der Waals surface area (Å²) in [5.41, 5.74) is 5.20. The number of carbonyl (C=O) groups is 2. The number of hydrogen-bond donors (Lipinski definition) is 1. The molecule has 1 unspecified atom stereocenters. The molecule has 2 fully saturated rings. The van der Waals surface area contributed by atoms with Gasteiger partial charge in [0.05, 0.1) is 19.1 Å². The van der Waals surface area contributed by atoms with Crippen molar-refractivity contribution in [3.05, 3.63) is 0 Å². The topological polar surface area (TPSA) is 75.9 Å². The number of ether oxygens (including phenoxy) is 1. The number of nitrogens with two attached hydrogens (primary N) is 1. The van der Waals surface area contributed by atoms with Crippen LogP contribution in [0.4, 0.5) is 0 Å². The van der Waals surface area contributed by atoms with Crippen molar-refractivity contribution in [2.45, 2.75) is 19.3 Å². The lowest BCUT2D eigenvalue weighted by atomic mass is 9.95. The van der Waals surface area contributed by atoms with Crippen LogP contribution in [0.3, 0.4) is 0 Å². The van der Waals surface area contributed by atoms with Gasteiger partial charge in [-0.05, 0) is 38.3 Å². The average Bonchev–Trinajstić information content (AvgIpc) is 2.93. The SMILES string of the molecule is CN(CC1CCN(CC(N)=O)CC1)C(=O)C1CCOC1. The van der Waals surface area contributed by atoms with E-state index in [1.165, 1.54) is 0 Å². The molecule has 0 radical (unpaired) electrons. The van der Waals surface area contributed by atoms with Crippen LogP contribution in [0.15, 0.2) is 0 Å². The first-order valence-electron chi connectivity index (χ1n) is 7.39. The van der Waals surface area contributed by atoms with Gasteiger partial charge in [0, 0.05) is 20.2 Å². The molecule has 0 aromatic heterocycles. The summed E-state index contributed by atoms with van der Waals surface area (Å²) in [5, 5.41) is 0. The highest BCUT2D eigenvalue weighted by Crippen LogP contribution is 2.20. The van der Waals surface area contributed by atoms with Gasteiger partial charge >= 0.3 is 0 Å². The van der Waals surface area contributed by atoms with Crippen LogP contribution in [-0.2, 0) is 14.3 Å². The quantitative estimate of drug-likeness (QED) is 0.750. The number of carbonyl (C=O) groups excluding carboxylic acids is 2. The molecule has 0 bridgehead atoms. The minimum absolute atomic E-state index is 0.0509. The number of rotatable bonds is 5. The smallest absolute Gasteiger partial charge is 0.231 e. The van der Waals surface area contributed by atoms with E-state index in [1.807, 2.05) is 11.9 Å². The maximum Gasteiger partial charge on any atom is 0.231 e. The third-order valence-electron chi connectivity index (χ3n) is 4.27. The predicted molar refractivity (Wildman–Crippen MR) is 74.9 cm³/mol. The molecule has 2 heterocycles. The number of likely N-dealkylation sites (tertiary alicyclic amines) is 1. The Morgan fingerprint density at radius 2 is 2.00 bits per heavy atom. The Morgan fingerprint density at radius 3 is 2.55 bits per heavy atom. The van der Waals surface area contributed by atoms with Gasteiger partial charge in [-0.2, -0.15) is 0 Å². The van der Waals surface area contributed by atoms with E-state index < -0.39 is 0 Å². The van der Waals surface area contributed by atoms with Crippen LogP contribution >= 0.6 is 0 Å². The lowest BCUT2D eigenvalue weighted by molar-refractivity contribution is -0.134. The molecule has 2 N–H and O–H groups in total. The summed E-state index contributed by atoms with van der Waals surface area (Å²) in [5.74, 6) is 0.518. The van der Waals surface area contributed by atoms with Gasteiger partial charge in [0.25, 0.3) is 0 Å². The largest absolute Gasteiger partial charge is 0.381 e. The maximum atomic E-state index is 12.2. The molecule has 20 heavy (non-hydrogen) atoms. The van der Waals surface area contributed by atoms with Crippen LogP contribution in [-0.4, -0.2) is 68.1 Å². The van der Waals surface area contributed by atoms with Gasteiger partial charge in [0.1, 0.15) is 0 Å². The van der Waals surface area contributed by atoms with Gasteiger partial charge in [-0.15, -0.1) is 0 Å². The molecule has 6 nitrogen and oxygen atoms in total. The zero-order chi connectivity index (χ0) is 14.5. The summed E-state index contributed by atoms with van der Waals surface area (Å²) >= 11 is 0. The molecule has 2 rings (SSSR count). The highest BCUT2D eigenvalue weighted by molar-refractivity contribution is 5.79. The Labute approximate surface area is 120 Å². The summed E-state index contributed by atoms with van der Waals surface area (Å²) in [6.45, 7) is 4.21. The number of primary amides is 1. The van der Waals surface area contributed by atoms with Crippen molar-refractivity contribution >= 4 is 11.8 Å². The molecule has 2 aliphatic heterocycles. The Bertz CT molecular complexity index is 348. The third-order valence-corrected chi connectivity index (χ3v) is 4.27. The maximum absolute atomic E-state index is 12.2. The summed E-state index contributed by atoms with van der Waals surface area (Å²) in [7, 11) is 1.89. The molecule has 2 amide bonds. The second kappa shape index (κ2) is 7.04. The highest BCUT2D eigenvalue weighted by Gasteiger charge is 2.28. The van der Waals surface area contributed by atoms with E-state index in [2.05, 4.69) is 4.90 Å². The normalized spacial score (nSPS) is 24.8. The Balaban J connectivity index is 1.71. The van der Waals surface area contributed by atoms with E-state index >= 15 is 0 Å². The van der Waals surface area contributed by atoms with E-state index in [4.69, 9.17) is 10.5 Å². The number of amides is 2. The first-order valence-corrected chi connectivity index (χ1v) is 7.39. The molecule has 2 saturated heterocycles. The fraction of sp³-hybridized carbons (Fsp3) is 0.857. The van der Waals surface area contributed by atoms with Crippen molar-refractivity contribution in [1.82, 2.24) is 9.80 Å². The van der Waals surface area contributed by atoms with E-state index in [1.54, 1.807) is 0 Å². The van der Waals surface area contributed by atoms with Crippen LogP contribution in [0.2, 0.25) is 0 Å². The second-order valence-corrected chi connectivity index (χ2v) is 5.97. The van der Waals surface area contributed by atoms with Gasteiger partial charge in [-0.1, -0.05) is 0 Å². The minimum Gasteiger partial charge on any atom is -0.381 e. The van der Waals surface area contributed by atoms with Gasteiger partial charge < -0.3 is 15.4 Å². The average molecular weight is 283 g/mol. The van der Waals surface area contributed by atoms with Crippen LogP contribution in [0.5, 0.6) is 0 Å². The van der Waals surface area contributed by atoms with Crippen molar-refractivity contribution in [3.63, 3.8) is 0 Å². The predicted octanol–water partition coefficient (Wildman–Crippen LogP) is -0.321. The van der Waals surface area contributed by atoms with Crippen LogP contribution in [0, 0.1) is 11.8 Å². The minimum atomic E-state index is -0.267. The Hall–Kier alpha value is -1.14. The number of nitrogens with zero attached hydrogens (tertiary/aromatic N) is 2. The Morgan fingerprint density at radius 1 is 1.30 bits per heavy atom. The molecule has 0 aromatic rings. The summed E-state index contributed by atoms with van der Waals surface area (Å²) in [6, 6.07) is 0. The van der Waals surface area contributed by atoms with E-state index in [0.717, 1.165) is 38.9 Å². The molecule has 0 saturated carbocycles. The number of piperidine rings is 1. The molecule has 1 atom stereocenters. The van der Waals surface area contributed by atoms with Gasteiger partial charge in [0.15, 0.2) is 0 Å². The van der Waals surface area contributed by atoms with E-state index in [0.29, 0.717) is 25.7 Å². The van der Waals surface area contributed by atoms with Crippen molar-refractivity contribution in [3.8, 4) is 0 Å². The van der Waals surface area contributed by atoms with Gasteiger partial charge in [-0.3, -0.25) is 14.5 Å². The van der Waals surface area contributed by atoms with E-state index in [9.17, 15) is 9.59 Å².